The lowest BCUT2D eigenvalue weighted by Crippen LogP contribution is -2.33. The molecule has 1 aromatic carbocycles. The lowest BCUT2D eigenvalue weighted by Gasteiger charge is -2.33. The topological polar surface area (TPSA) is 12.0 Å². The Balaban J connectivity index is 1.82. The molecule has 112 valence electrons. The minimum Gasteiger partial charge on any atom is -0.312 e. The highest BCUT2D eigenvalue weighted by Crippen LogP contribution is 2.35. The quantitative estimate of drug-likeness (QED) is 0.840. The van der Waals surface area contributed by atoms with Crippen LogP contribution in [0.3, 0.4) is 0 Å². The summed E-state index contributed by atoms with van der Waals surface area (Å²) >= 11 is 0. The molecule has 0 aliphatic heterocycles. The van der Waals surface area contributed by atoms with E-state index in [0.717, 1.165) is 24.2 Å². The smallest absolute Gasteiger partial charge is 0.312 e. The molecule has 0 bridgehead atoms. The van der Waals surface area contributed by atoms with Crippen LogP contribution in [0.2, 0.25) is 0 Å². The molecule has 0 aromatic heterocycles. The van der Waals surface area contributed by atoms with Gasteiger partial charge in [-0.3, -0.25) is 0 Å². The number of nitrogens with one attached hydrogen (secondary N) is 1. The van der Waals surface area contributed by atoms with E-state index in [1.165, 1.54) is 32.1 Å². The summed E-state index contributed by atoms with van der Waals surface area (Å²) in [6.07, 6.45) is 2.15. The Hall–Kier alpha value is -1.03. The second kappa shape index (κ2) is 6.17. The van der Waals surface area contributed by atoms with E-state index in [-0.39, 0.29) is 0 Å². The summed E-state index contributed by atoms with van der Waals surface area (Å²) in [5.74, 6) is 0. The monoisotopic (exact) mass is 285 g/mol. The molecule has 1 fully saturated rings. The molecule has 4 heteroatoms. The van der Waals surface area contributed by atoms with Crippen LogP contribution in [0, 0.1) is 5.41 Å². The predicted octanol–water partition coefficient (Wildman–Crippen LogP) is 4.77. The van der Waals surface area contributed by atoms with Crippen molar-refractivity contribution in [2.75, 3.05) is 6.54 Å². The minimum absolute atomic E-state index is 0.351. The van der Waals surface area contributed by atoms with Crippen LogP contribution in [0.15, 0.2) is 24.3 Å². The Bertz CT molecular complexity index is 416. The summed E-state index contributed by atoms with van der Waals surface area (Å²) < 4.78 is 37.3. The molecule has 1 N–H and O–H groups in total. The number of halogens is 3. The Morgan fingerprint density at radius 3 is 2.20 bits per heavy atom. The van der Waals surface area contributed by atoms with Gasteiger partial charge < -0.3 is 5.32 Å². The highest BCUT2D eigenvalue weighted by atomic mass is 19.4. The fourth-order valence-corrected chi connectivity index (χ4v) is 2.90. The maximum Gasteiger partial charge on any atom is 0.416 e. The zero-order chi connectivity index (χ0) is 14.6. The number of benzene rings is 1. The van der Waals surface area contributed by atoms with Gasteiger partial charge in [-0.15, -0.1) is 0 Å². The molecule has 1 aromatic rings. The van der Waals surface area contributed by atoms with Crippen molar-refractivity contribution in [2.24, 2.45) is 5.41 Å². The van der Waals surface area contributed by atoms with Crippen molar-refractivity contribution >= 4 is 0 Å². The van der Waals surface area contributed by atoms with Crippen molar-refractivity contribution < 1.29 is 13.2 Å². The minimum atomic E-state index is -4.25. The Morgan fingerprint density at radius 1 is 1.05 bits per heavy atom. The molecule has 0 amide bonds. The molecular formula is C16H22F3N. The lowest BCUT2D eigenvalue weighted by molar-refractivity contribution is -0.137. The van der Waals surface area contributed by atoms with Gasteiger partial charge >= 0.3 is 6.18 Å². The van der Waals surface area contributed by atoms with Gasteiger partial charge in [0.05, 0.1) is 5.56 Å². The first-order chi connectivity index (χ1) is 9.39. The Morgan fingerprint density at radius 2 is 1.65 bits per heavy atom. The van der Waals surface area contributed by atoms with Gasteiger partial charge in [-0.05, 0) is 36.0 Å². The van der Waals surface area contributed by atoms with Crippen LogP contribution < -0.4 is 5.32 Å². The maximum absolute atomic E-state index is 12.4. The summed E-state index contributed by atoms with van der Waals surface area (Å²) in [4.78, 5) is 0. The summed E-state index contributed by atoms with van der Waals surface area (Å²) in [7, 11) is 0. The average Bonchev–Trinajstić information content (AvgIpc) is 2.39. The van der Waals surface area contributed by atoms with Gasteiger partial charge in [-0.2, -0.15) is 13.2 Å². The molecule has 0 radical (unpaired) electrons. The summed E-state index contributed by atoms with van der Waals surface area (Å²) in [5.41, 5.74) is 0.669. The van der Waals surface area contributed by atoms with Gasteiger partial charge in [0.2, 0.25) is 0 Å². The third-order valence-corrected chi connectivity index (χ3v) is 4.22. The highest BCUT2D eigenvalue weighted by Gasteiger charge is 2.30. The van der Waals surface area contributed by atoms with E-state index in [1.807, 2.05) is 0 Å². The molecular weight excluding hydrogens is 263 g/mol. The standard InChI is InChI=1S/C16H22F3N/c1-15(9-3-2-4-10-15)12-20-11-13-5-7-14(8-6-13)16(17,18)19/h5-8,20H,2-4,9-12H2,1H3. The molecule has 20 heavy (non-hydrogen) atoms. The van der Waals surface area contributed by atoms with E-state index in [2.05, 4.69) is 12.2 Å². The van der Waals surface area contributed by atoms with Crippen molar-refractivity contribution in [1.29, 1.82) is 0 Å². The number of alkyl halides is 3. The zero-order valence-corrected chi connectivity index (χ0v) is 11.9. The van der Waals surface area contributed by atoms with Crippen LogP contribution in [0.1, 0.15) is 50.2 Å². The van der Waals surface area contributed by atoms with Gasteiger partial charge in [0.1, 0.15) is 0 Å². The summed E-state index contributed by atoms with van der Waals surface area (Å²) in [5, 5.41) is 3.39. The van der Waals surface area contributed by atoms with Gasteiger partial charge in [0, 0.05) is 13.1 Å². The lowest BCUT2D eigenvalue weighted by atomic mass is 9.76. The number of hydrogen-bond donors (Lipinski definition) is 1. The number of rotatable bonds is 4. The fraction of sp³-hybridized carbons (Fsp3) is 0.625. The third kappa shape index (κ3) is 4.23. The number of hydrogen-bond acceptors (Lipinski definition) is 1. The first-order valence-corrected chi connectivity index (χ1v) is 7.26. The molecule has 2 rings (SSSR count). The molecule has 1 aliphatic carbocycles. The van der Waals surface area contributed by atoms with E-state index in [9.17, 15) is 13.2 Å². The predicted molar refractivity (Wildman–Crippen MR) is 74.3 cm³/mol. The van der Waals surface area contributed by atoms with Crippen LogP contribution >= 0.6 is 0 Å². The maximum atomic E-state index is 12.4. The molecule has 0 heterocycles. The molecule has 0 saturated heterocycles. The van der Waals surface area contributed by atoms with Crippen LogP contribution in [0.25, 0.3) is 0 Å². The van der Waals surface area contributed by atoms with Crippen molar-refractivity contribution in [1.82, 2.24) is 5.32 Å². The largest absolute Gasteiger partial charge is 0.416 e. The molecule has 1 nitrogen and oxygen atoms in total. The van der Waals surface area contributed by atoms with Crippen LogP contribution in [-0.2, 0) is 12.7 Å². The normalized spacial score (nSPS) is 19.0. The van der Waals surface area contributed by atoms with E-state index in [1.54, 1.807) is 12.1 Å². The average molecular weight is 285 g/mol. The van der Waals surface area contributed by atoms with Gasteiger partial charge in [-0.1, -0.05) is 38.3 Å². The Labute approximate surface area is 118 Å². The van der Waals surface area contributed by atoms with E-state index in [0.29, 0.717) is 12.0 Å². The van der Waals surface area contributed by atoms with Gasteiger partial charge in [0.15, 0.2) is 0 Å². The highest BCUT2D eigenvalue weighted by molar-refractivity contribution is 5.24. The third-order valence-electron chi connectivity index (χ3n) is 4.22. The first kappa shape index (κ1) is 15.4. The zero-order valence-electron chi connectivity index (χ0n) is 11.9. The van der Waals surface area contributed by atoms with Crippen molar-refractivity contribution in [3.05, 3.63) is 35.4 Å². The van der Waals surface area contributed by atoms with Crippen molar-refractivity contribution in [3.63, 3.8) is 0 Å². The van der Waals surface area contributed by atoms with Crippen molar-refractivity contribution in [3.8, 4) is 0 Å². The van der Waals surface area contributed by atoms with Crippen LogP contribution in [-0.4, -0.2) is 6.54 Å². The van der Waals surface area contributed by atoms with E-state index < -0.39 is 11.7 Å². The van der Waals surface area contributed by atoms with E-state index in [4.69, 9.17) is 0 Å². The van der Waals surface area contributed by atoms with Crippen LogP contribution in [0.4, 0.5) is 13.2 Å². The molecule has 0 spiro atoms. The summed E-state index contributed by atoms with van der Waals surface area (Å²) in [6, 6.07) is 5.41. The SMILES string of the molecule is CC1(CNCc2ccc(C(F)(F)F)cc2)CCCCC1. The van der Waals surface area contributed by atoms with Gasteiger partial charge in [-0.25, -0.2) is 0 Å². The Kier molecular flexibility index (Phi) is 4.74. The first-order valence-electron chi connectivity index (χ1n) is 7.26. The molecule has 1 aliphatic rings. The fourth-order valence-electron chi connectivity index (χ4n) is 2.90. The van der Waals surface area contributed by atoms with Crippen LogP contribution in [0.5, 0.6) is 0 Å². The van der Waals surface area contributed by atoms with Crippen molar-refractivity contribution in [2.45, 2.75) is 51.7 Å². The second-order valence-corrected chi connectivity index (χ2v) is 6.17. The van der Waals surface area contributed by atoms with Gasteiger partial charge in [0.25, 0.3) is 0 Å². The summed E-state index contributed by atoms with van der Waals surface area (Å²) in [6.45, 7) is 3.87. The second-order valence-electron chi connectivity index (χ2n) is 6.17. The van der Waals surface area contributed by atoms with E-state index >= 15 is 0 Å². The molecule has 1 saturated carbocycles. The molecule has 0 atom stereocenters. The molecule has 0 unspecified atom stereocenters.